The third kappa shape index (κ3) is 5.25. The van der Waals surface area contributed by atoms with E-state index < -0.39 is 0 Å². The van der Waals surface area contributed by atoms with Crippen LogP contribution in [0.1, 0.15) is 18.2 Å². The van der Waals surface area contributed by atoms with Gasteiger partial charge in [0.2, 0.25) is 5.91 Å². The number of rotatable bonds is 7. The van der Waals surface area contributed by atoms with E-state index in [0.717, 1.165) is 11.4 Å². The van der Waals surface area contributed by atoms with E-state index in [1.165, 1.54) is 22.5 Å². The molecule has 1 aromatic heterocycles. The van der Waals surface area contributed by atoms with Crippen LogP contribution in [0.25, 0.3) is 0 Å². The highest BCUT2D eigenvalue weighted by Crippen LogP contribution is 2.10. The topological polar surface area (TPSA) is 73.2 Å². The molecule has 0 bridgehead atoms. The van der Waals surface area contributed by atoms with Gasteiger partial charge >= 0.3 is 0 Å². The summed E-state index contributed by atoms with van der Waals surface area (Å²) in [5.74, 6) is 0.520. The average Bonchev–Trinajstić information content (AvgIpc) is 2.55. The second kappa shape index (κ2) is 8.12. The minimum absolute atomic E-state index is 0.0413. The first-order valence-corrected chi connectivity index (χ1v) is 7.60. The summed E-state index contributed by atoms with van der Waals surface area (Å²) in [7, 11) is 0. The van der Waals surface area contributed by atoms with Gasteiger partial charge in [0.25, 0.3) is 5.56 Å². The van der Waals surface area contributed by atoms with Gasteiger partial charge in [-0.05, 0) is 25.5 Å². The Morgan fingerprint density at radius 1 is 1.30 bits per heavy atom. The Labute approximate surface area is 135 Å². The molecule has 0 unspecified atom stereocenters. The van der Waals surface area contributed by atoms with Crippen LogP contribution in [0.15, 0.2) is 41.5 Å². The number of aromatic nitrogens is 2. The fourth-order valence-electron chi connectivity index (χ4n) is 1.98. The van der Waals surface area contributed by atoms with Crippen molar-refractivity contribution in [1.29, 1.82) is 0 Å². The number of ether oxygens (including phenoxy) is 1. The van der Waals surface area contributed by atoms with Gasteiger partial charge in [-0.25, -0.2) is 4.98 Å². The molecule has 0 saturated heterocycles. The summed E-state index contributed by atoms with van der Waals surface area (Å²) in [6.45, 7) is 4.64. The molecular formula is C17H21N3O3. The van der Waals surface area contributed by atoms with Crippen LogP contribution >= 0.6 is 0 Å². The lowest BCUT2D eigenvalue weighted by atomic mass is 10.2. The third-order valence-corrected chi connectivity index (χ3v) is 3.33. The van der Waals surface area contributed by atoms with E-state index in [-0.39, 0.29) is 18.0 Å². The summed E-state index contributed by atoms with van der Waals surface area (Å²) >= 11 is 0. The lowest BCUT2D eigenvalue weighted by Crippen LogP contribution is -2.34. The van der Waals surface area contributed by atoms with Crippen molar-refractivity contribution in [2.75, 3.05) is 13.2 Å². The lowest BCUT2D eigenvalue weighted by Gasteiger charge is -2.09. The van der Waals surface area contributed by atoms with Crippen LogP contribution in [0.5, 0.6) is 5.75 Å². The molecule has 122 valence electrons. The summed E-state index contributed by atoms with van der Waals surface area (Å²) in [5, 5.41) is 2.72. The monoisotopic (exact) mass is 315 g/mol. The van der Waals surface area contributed by atoms with Gasteiger partial charge in [-0.3, -0.25) is 14.2 Å². The van der Waals surface area contributed by atoms with Crippen molar-refractivity contribution in [2.45, 2.75) is 26.8 Å². The molecule has 2 aromatic rings. The van der Waals surface area contributed by atoms with Crippen LogP contribution in [0.2, 0.25) is 0 Å². The van der Waals surface area contributed by atoms with Gasteiger partial charge < -0.3 is 10.1 Å². The second-order valence-corrected chi connectivity index (χ2v) is 5.21. The van der Waals surface area contributed by atoms with Gasteiger partial charge in [0, 0.05) is 11.8 Å². The van der Waals surface area contributed by atoms with Gasteiger partial charge in [-0.1, -0.05) is 24.6 Å². The Bertz CT molecular complexity index is 708. The van der Waals surface area contributed by atoms with Crippen LogP contribution in [0.3, 0.4) is 0 Å². The Balaban J connectivity index is 1.75. The van der Waals surface area contributed by atoms with Gasteiger partial charge in [-0.15, -0.1) is 0 Å². The van der Waals surface area contributed by atoms with Crippen molar-refractivity contribution in [3.63, 3.8) is 0 Å². The Morgan fingerprint density at radius 3 is 2.70 bits per heavy atom. The van der Waals surface area contributed by atoms with E-state index in [4.69, 9.17) is 4.74 Å². The van der Waals surface area contributed by atoms with E-state index in [2.05, 4.69) is 10.3 Å². The molecule has 0 spiro atoms. The van der Waals surface area contributed by atoms with Gasteiger partial charge in [0.05, 0.1) is 12.9 Å². The molecule has 0 saturated carbocycles. The fraction of sp³-hybridized carbons (Fsp3) is 0.353. The van der Waals surface area contributed by atoms with Crippen molar-refractivity contribution in [3.05, 3.63) is 58.3 Å². The third-order valence-electron chi connectivity index (χ3n) is 3.33. The summed E-state index contributed by atoms with van der Waals surface area (Å²) in [6, 6.07) is 9.16. The molecule has 6 nitrogen and oxygen atoms in total. The highest BCUT2D eigenvalue weighted by atomic mass is 16.5. The largest absolute Gasteiger partial charge is 0.492 e. The number of hydrogen-bond acceptors (Lipinski definition) is 4. The highest BCUT2D eigenvalue weighted by molar-refractivity contribution is 5.75. The summed E-state index contributed by atoms with van der Waals surface area (Å²) < 4.78 is 6.81. The molecule has 0 radical (unpaired) electrons. The molecule has 1 heterocycles. The normalized spacial score (nSPS) is 10.3. The molecule has 0 fully saturated rings. The second-order valence-electron chi connectivity index (χ2n) is 5.21. The van der Waals surface area contributed by atoms with E-state index in [0.29, 0.717) is 19.6 Å². The number of carbonyl (C=O) groups excluding carboxylic acids is 1. The maximum atomic E-state index is 11.8. The molecule has 1 aromatic carbocycles. The summed E-state index contributed by atoms with van der Waals surface area (Å²) in [6.07, 6.45) is 2.10. The Kier molecular flexibility index (Phi) is 5.91. The fourth-order valence-corrected chi connectivity index (χ4v) is 1.98. The quantitative estimate of drug-likeness (QED) is 0.782. The van der Waals surface area contributed by atoms with E-state index in [9.17, 15) is 9.59 Å². The van der Waals surface area contributed by atoms with Crippen LogP contribution < -0.4 is 15.6 Å². The predicted molar refractivity (Wildman–Crippen MR) is 87.6 cm³/mol. The molecule has 1 N–H and O–H groups in total. The minimum atomic E-state index is -0.245. The number of nitrogens with zero attached hydrogens (tertiary/aromatic N) is 2. The average molecular weight is 315 g/mol. The van der Waals surface area contributed by atoms with Gasteiger partial charge in [0.15, 0.2) is 0 Å². The Hall–Kier alpha value is -2.63. The molecule has 0 atom stereocenters. The molecule has 0 aliphatic rings. The standard InChI is InChI=1S/C17H21N3O3/c1-3-14-10-17(22)20(12-19-14)11-16(21)18-8-9-23-15-6-4-13(2)5-7-15/h4-7,10,12H,3,8-9,11H2,1-2H3,(H,18,21). The summed E-state index contributed by atoms with van der Waals surface area (Å²) in [5.41, 5.74) is 1.67. The maximum Gasteiger partial charge on any atom is 0.253 e. The highest BCUT2D eigenvalue weighted by Gasteiger charge is 2.05. The smallest absolute Gasteiger partial charge is 0.253 e. The number of benzene rings is 1. The number of aryl methyl sites for hydroxylation is 2. The molecule has 1 amide bonds. The molecule has 0 aliphatic heterocycles. The van der Waals surface area contributed by atoms with Gasteiger partial charge in [-0.2, -0.15) is 0 Å². The van der Waals surface area contributed by atoms with Crippen molar-refractivity contribution in [1.82, 2.24) is 14.9 Å². The zero-order chi connectivity index (χ0) is 16.7. The van der Waals surface area contributed by atoms with Gasteiger partial charge in [0.1, 0.15) is 18.9 Å². The zero-order valence-corrected chi connectivity index (χ0v) is 13.4. The Morgan fingerprint density at radius 2 is 2.04 bits per heavy atom. The van der Waals surface area contributed by atoms with E-state index >= 15 is 0 Å². The zero-order valence-electron chi connectivity index (χ0n) is 13.4. The first-order valence-electron chi connectivity index (χ1n) is 7.60. The number of nitrogens with one attached hydrogen (secondary N) is 1. The van der Waals surface area contributed by atoms with Crippen molar-refractivity contribution < 1.29 is 9.53 Å². The minimum Gasteiger partial charge on any atom is -0.492 e. The van der Waals surface area contributed by atoms with Crippen LogP contribution in [0, 0.1) is 6.92 Å². The number of amides is 1. The van der Waals surface area contributed by atoms with Crippen molar-refractivity contribution in [2.24, 2.45) is 0 Å². The molecule has 0 aliphatic carbocycles. The van der Waals surface area contributed by atoms with Crippen LogP contribution in [-0.4, -0.2) is 28.6 Å². The molecule has 23 heavy (non-hydrogen) atoms. The van der Waals surface area contributed by atoms with Crippen LogP contribution in [0.4, 0.5) is 0 Å². The number of carbonyl (C=O) groups is 1. The maximum absolute atomic E-state index is 11.8. The summed E-state index contributed by atoms with van der Waals surface area (Å²) in [4.78, 5) is 27.7. The molecule has 6 heteroatoms. The van der Waals surface area contributed by atoms with Crippen molar-refractivity contribution in [3.8, 4) is 5.75 Å². The van der Waals surface area contributed by atoms with E-state index in [1.807, 2.05) is 38.1 Å². The SMILES string of the molecule is CCc1cc(=O)n(CC(=O)NCCOc2ccc(C)cc2)cn1. The van der Waals surface area contributed by atoms with Crippen molar-refractivity contribution >= 4 is 5.91 Å². The van der Waals surface area contributed by atoms with E-state index in [1.54, 1.807) is 0 Å². The first kappa shape index (κ1) is 16.7. The molecular weight excluding hydrogens is 294 g/mol. The number of hydrogen-bond donors (Lipinski definition) is 1. The lowest BCUT2D eigenvalue weighted by molar-refractivity contribution is -0.121. The molecule has 2 rings (SSSR count). The predicted octanol–water partition coefficient (Wildman–Crippen LogP) is 1.31. The first-order chi connectivity index (χ1) is 11.1. The van der Waals surface area contributed by atoms with Crippen LogP contribution in [-0.2, 0) is 17.8 Å².